The number of aromatic nitrogens is 3. The highest BCUT2D eigenvalue weighted by molar-refractivity contribution is 5.37. The summed E-state index contributed by atoms with van der Waals surface area (Å²) in [5, 5.41) is 8.66. The molecule has 6 nitrogen and oxygen atoms in total. The van der Waals surface area contributed by atoms with Gasteiger partial charge in [-0.3, -0.25) is 9.69 Å². The molecule has 4 rings (SSSR count). The van der Waals surface area contributed by atoms with E-state index in [-0.39, 0.29) is 5.60 Å². The van der Waals surface area contributed by atoms with E-state index in [2.05, 4.69) is 38.3 Å². The number of para-hydroxylation sites is 1. The highest BCUT2D eigenvalue weighted by Gasteiger charge is 2.36. The number of nitrogens with zero attached hydrogens (tertiary/aromatic N) is 4. The Balaban J connectivity index is 0.000000242. The lowest BCUT2D eigenvalue weighted by molar-refractivity contribution is -0.138. The Morgan fingerprint density at radius 2 is 2.00 bits per heavy atom. The summed E-state index contributed by atoms with van der Waals surface area (Å²) in [6, 6.07) is 11.0. The van der Waals surface area contributed by atoms with E-state index >= 15 is 0 Å². The van der Waals surface area contributed by atoms with Gasteiger partial charge in [0.2, 0.25) is 0 Å². The van der Waals surface area contributed by atoms with Crippen LogP contribution in [0.2, 0.25) is 0 Å². The zero-order chi connectivity index (χ0) is 18.6. The number of ether oxygens (including phenoxy) is 1. The van der Waals surface area contributed by atoms with Crippen molar-refractivity contribution in [3.8, 4) is 5.69 Å². The maximum atomic E-state index is 9.60. The quantitative estimate of drug-likeness (QED) is 0.791. The van der Waals surface area contributed by atoms with Gasteiger partial charge in [0.1, 0.15) is 5.60 Å². The maximum absolute atomic E-state index is 9.60. The van der Waals surface area contributed by atoms with E-state index in [0.29, 0.717) is 12.4 Å². The predicted molar refractivity (Wildman–Crippen MR) is 100 cm³/mol. The molecule has 2 aromatic rings. The molecule has 0 amide bonds. The zero-order valence-electron chi connectivity index (χ0n) is 15.8. The first-order valence-electron chi connectivity index (χ1n) is 9.29. The van der Waals surface area contributed by atoms with Gasteiger partial charge < -0.3 is 4.74 Å². The van der Waals surface area contributed by atoms with Gasteiger partial charge in [0.15, 0.2) is 0 Å². The Bertz CT molecular complexity index is 696. The second-order valence-corrected chi connectivity index (χ2v) is 7.97. The molecule has 0 bridgehead atoms. The molecule has 140 valence electrons. The molecule has 6 heteroatoms. The van der Waals surface area contributed by atoms with E-state index in [9.17, 15) is 4.79 Å². The highest BCUT2D eigenvalue weighted by atomic mass is 16.5. The molecular formula is C20H28N4O2. The number of hydrogen-bond donors (Lipinski definition) is 0. The van der Waals surface area contributed by atoms with Crippen LogP contribution in [0.4, 0.5) is 0 Å². The van der Waals surface area contributed by atoms with Gasteiger partial charge in [-0.05, 0) is 58.7 Å². The van der Waals surface area contributed by atoms with Crippen molar-refractivity contribution in [2.24, 2.45) is 0 Å². The maximum Gasteiger partial charge on any atom is 0.293 e. The summed E-state index contributed by atoms with van der Waals surface area (Å²) in [6.07, 6.45) is 6.09. The smallest absolute Gasteiger partial charge is 0.293 e. The standard InChI is InChI=1S/C15H18N4.C5H10O2/c1-2-5-13(6-3-1)19-11-15(16-17-19)12-9-14-7-4-8-18(14)10-12;1-5(2,3)7-4-6/h1-3,5-6,11-12,14H,4,7-10H2;4H,1-3H3. The summed E-state index contributed by atoms with van der Waals surface area (Å²) < 4.78 is 6.44. The summed E-state index contributed by atoms with van der Waals surface area (Å²) in [6.45, 7) is 8.36. The Labute approximate surface area is 155 Å². The molecule has 2 atom stereocenters. The monoisotopic (exact) mass is 356 g/mol. The van der Waals surface area contributed by atoms with Gasteiger partial charge in [-0.2, -0.15) is 0 Å². The summed E-state index contributed by atoms with van der Waals surface area (Å²) in [4.78, 5) is 12.2. The molecule has 0 spiro atoms. The minimum Gasteiger partial charge on any atom is -0.462 e. The first kappa shape index (κ1) is 18.6. The van der Waals surface area contributed by atoms with Crippen LogP contribution in [0.25, 0.3) is 5.69 Å². The molecule has 2 aliphatic heterocycles. The molecule has 2 fully saturated rings. The van der Waals surface area contributed by atoms with Crippen molar-refractivity contribution in [3.63, 3.8) is 0 Å². The number of carbonyl (C=O) groups excluding carboxylic acids is 1. The van der Waals surface area contributed by atoms with E-state index < -0.39 is 0 Å². The lowest BCUT2D eigenvalue weighted by atomic mass is 10.0. The van der Waals surface area contributed by atoms with Gasteiger partial charge >= 0.3 is 0 Å². The molecule has 26 heavy (non-hydrogen) atoms. The van der Waals surface area contributed by atoms with Crippen LogP contribution in [-0.4, -0.2) is 51.1 Å². The minimum atomic E-state index is -0.318. The van der Waals surface area contributed by atoms with Crippen LogP contribution in [0.5, 0.6) is 0 Å². The number of benzene rings is 1. The number of fused-ring (bicyclic) bond motifs is 1. The van der Waals surface area contributed by atoms with Crippen LogP contribution in [0, 0.1) is 0 Å². The van der Waals surface area contributed by atoms with Crippen LogP contribution >= 0.6 is 0 Å². The molecule has 2 aliphatic rings. The van der Waals surface area contributed by atoms with Crippen molar-refractivity contribution in [2.75, 3.05) is 13.1 Å². The lowest BCUT2D eigenvalue weighted by Gasteiger charge is -2.14. The average molecular weight is 356 g/mol. The van der Waals surface area contributed by atoms with E-state index in [1.165, 1.54) is 25.8 Å². The molecule has 0 saturated carbocycles. The second kappa shape index (κ2) is 7.99. The van der Waals surface area contributed by atoms with E-state index in [1.807, 2.05) is 43.7 Å². The third-order valence-corrected chi connectivity index (χ3v) is 4.86. The molecule has 2 saturated heterocycles. The molecule has 1 aromatic carbocycles. The van der Waals surface area contributed by atoms with Crippen LogP contribution in [0.1, 0.15) is 51.6 Å². The molecule has 0 aliphatic carbocycles. The molecule has 3 heterocycles. The van der Waals surface area contributed by atoms with E-state index in [0.717, 1.165) is 24.0 Å². The Morgan fingerprint density at radius 1 is 1.23 bits per heavy atom. The molecular weight excluding hydrogens is 328 g/mol. The fourth-order valence-corrected chi connectivity index (χ4v) is 3.62. The zero-order valence-corrected chi connectivity index (χ0v) is 15.8. The first-order chi connectivity index (χ1) is 12.5. The first-order valence-corrected chi connectivity index (χ1v) is 9.29. The van der Waals surface area contributed by atoms with E-state index in [4.69, 9.17) is 0 Å². The third kappa shape index (κ3) is 4.69. The molecule has 1 aromatic heterocycles. The second-order valence-electron chi connectivity index (χ2n) is 7.97. The lowest BCUT2D eigenvalue weighted by Crippen LogP contribution is -2.22. The summed E-state index contributed by atoms with van der Waals surface area (Å²) in [5.74, 6) is 0.572. The van der Waals surface area contributed by atoms with Gasteiger partial charge in [-0.1, -0.05) is 23.4 Å². The van der Waals surface area contributed by atoms with Crippen molar-refractivity contribution in [2.45, 2.75) is 57.6 Å². The van der Waals surface area contributed by atoms with Gasteiger partial charge in [0.25, 0.3) is 6.47 Å². The Hall–Kier alpha value is -2.21. The SMILES string of the molecule is CC(C)(C)OC=O.c1ccc(-n2cc(C3CC4CCCN4C3)nn2)cc1. The van der Waals surface area contributed by atoms with Gasteiger partial charge in [-0.15, -0.1) is 5.10 Å². The van der Waals surface area contributed by atoms with Crippen LogP contribution < -0.4 is 0 Å². The highest BCUT2D eigenvalue weighted by Crippen LogP contribution is 2.36. The minimum absolute atomic E-state index is 0.318. The van der Waals surface area contributed by atoms with Gasteiger partial charge in [0.05, 0.1) is 17.6 Å². The van der Waals surface area contributed by atoms with Gasteiger partial charge in [0, 0.05) is 18.5 Å². The van der Waals surface area contributed by atoms with Crippen LogP contribution in [-0.2, 0) is 9.53 Å². The van der Waals surface area contributed by atoms with Gasteiger partial charge in [-0.25, -0.2) is 4.68 Å². The molecule has 2 unspecified atom stereocenters. The fourth-order valence-electron chi connectivity index (χ4n) is 3.62. The number of carbonyl (C=O) groups is 1. The van der Waals surface area contributed by atoms with Crippen LogP contribution in [0.15, 0.2) is 36.5 Å². The van der Waals surface area contributed by atoms with E-state index in [1.54, 1.807) is 0 Å². The number of rotatable bonds is 3. The number of hydrogen-bond acceptors (Lipinski definition) is 5. The fraction of sp³-hybridized carbons (Fsp3) is 0.550. The van der Waals surface area contributed by atoms with Crippen molar-refractivity contribution >= 4 is 6.47 Å². The Morgan fingerprint density at radius 3 is 2.62 bits per heavy atom. The van der Waals surface area contributed by atoms with Crippen molar-refractivity contribution in [1.29, 1.82) is 0 Å². The van der Waals surface area contributed by atoms with Crippen molar-refractivity contribution in [3.05, 3.63) is 42.2 Å². The molecule has 0 N–H and O–H groups in total. The summed E-state index contributed by atoms with van der Waals surface area (Å²) in [5.41, 5.74) is 1.92. The Kier molecular flexibility index (Phi) is 5.71. The largest absolute Gasteiger partial charge is 0.462 e. The summed E-state index contributed by atoms with van der Waals surface area (Å²) >= 11 is 0. The average Bonchev–Trinajstić information content (AvgIpc) is 3.30. The third-order valence-electron chi connectivity index (χ3n) is 4.86. The predicted octanol–water partition coefficient (Wildman–Crippen LogP) is 3.18. The topological polar surface area (TPSA) is 60.2 Å². The van der Waals surface area contributed by atoms with Crippen molar-refractivity contribution < 1.29 is 9.53 Å². The normalized spacial score (nSPS) is 22.4. The molecule has 0 radical (unpaired) electrons. The summed E-state index contributed by atoms with van der Waals surface area (Å²) in [7, 11) is 0. The van der Waals surface area contributed by atoms with Crippen LogP contribution in [0.3, 0.4) is 0 Å². The van der Waals surface area contributed by atoms with Crippen molar-refractivity contribution in [1.82, 2.24) is 19.9 Å².